The van der Waals surface area contributed by atoms with Gasteiger partial charge in [0.2, 0.25) is 11.1 Å². The van der Waals surface area contributed by atoms with Crippen molar-refractivity contribution in [2.75, 3.05) is 0 Å². The number of carbonyl (C=O) groups excluding carboxylic acids is 1. The third-order valence-corrected chi connectivity index (χ3v) is 6.27. The van der Waals surface area contributed by atoms with Crippen molar-refractivity contribution in [2.45, 2.75) is 36.7 Å². The van der Waals surface area contributed by atoms with Crippen molar-refractivity contribution in [1.29, 1.82) is 0 Å². The van der Waals surface area contributed by atoms with Crippen molar-refractivity contribution >= 4 is 39.7 Å². The molecule has 7 heteroatoms. The molecule has 6 nitrogen and oxygen atoms in total. The first-order valence-electron chi connectivity index (χ1n) is 9.68. The maximum Gasteiger partial charge on any atom is 0.234 e. The number of carbonyl (C=O) groups is 1. The molecule has 2 aromatic carbocycles. The van der Waals surface area contributed by atoms with E-state index in [0.717, 1.165) is 27.6 Å². The van der Waals surface area contributed by atoms with Crippen LogP contribution in [0.5, 0.6) is 0 Å². The van der Waals surface area contributed by atoms with E-state index in [1.807, 2.05) is 80.1 Å². The highest BCUT2D eigenvalue weighted by Crippen LogP contribution is 2.28. The van der Waals surface area contributed by atoms with Crippen LogP contribution in [0.15, 0.2) is 59.8 Å². The standard InChI is InChI=1S/C22H23N5OS/c1-4-18(21(28)23-14(2)15-10-6-5-7-11-15)29-22-24-20-19(25-26-22)16-12-8-9-13-17(16)27(20)3/h5-14,18H,4H2,1-3H3,(H,23,28)/t14-,18+/m1/s1. The Morgan fingerprint density at radius 1 is 1.10 bits per heavy atom. The first-order chi connectivity index (χ1) is 14.1. The quantitative estimate of drug-likeness (QED) is 0.485. The van der Waals surface area contributed by atoms with Crippen LogP contribution in [-0.2, 0) is 11.8 Å². The number of fused-ring (bicyclic) bond motifs is 3. The SMILES string of the molecule is CC[C@H](Sc1nnc2c3ccccc3n(C)c2n1)C(=O)N[C@H](C)c1ccccc1. The third kappa shape index (κ3) is 3.82. The lowest BCUT2D eigenvalue weighted by Gasteiger charge is -2.18. The largest absolute Gasteiger partial charge is 0.349 e. The number of aryl methyl sites for hydroxylation is 1. The fourth-order valence-electron chi connectivity index (χ4n) is 3.42. The van der Waals surface area contributed by atoms with Gasteiger partial charge in [0.1, 0.15) is 5.52 Å². The van der Waals surface area contributed by atoms with Crippen LogP contribution in [0.25, 0.3) is 22.1 Å². The first-order valence-corrected chi connectivity index (χ1v) is 10.6. The van der Waals surface area contributed by atoms with Crippen molar-refractivity contribution in [3.05, 3.63) is 60.2 Å². The normalized spacial score (nSPS) is 13.5. The lowest BCUT2D eigenvalue weighted by Crippen LogP contribution is -2.34. The lowest BCUT2D eigenvalue weighted by atomic mass is 10.1. The molecule has 4 rings (SSSR count). The summed E-state index contributed by atoms with van der Waals surface area (Å²) in [5.74, 6) is -0.0189. The minimum Gasteiger partial charge on any atom is -0.349 e. The molecule has 1 amide bonds. The van der Waals surface area contributed by atoms with Crippen molar-refractivity contribution in [2.24, 2.45) is 7.05 Å². The summed E-state index contributed by atoms with van der Waals surface area (Å²) < 4.78 is 2.02. The van der Waals surface area contributed by atoms with Crippen LogP contribution in [0.1, 0.15) is 31.9 Å². The van der Waals surface area contributed by atoms with E-state index < -0.39 is 0 Å². The van der Waals surface area contributed by atoms with Crippen LogP contribution in [0.4, 0.5) is 0 Å². The second kappa shape index (κ2) is 8.21. The predicted octanol–water partition coefficient (Wildman–Crippen LogP) is 4.26. The van der Waals surface area contributed by atoms with Gasteiger partial charge < -0.3 is 9.88 Å². The molecule has 1 N–H and O–H groups in total. The smallest absolute Gasteiger partial charge is 0.234 e. The third-order valence-electron chi connectivity index (χ3n) is 5.06. The maximum atomic E-state index is 12.8. The summed E-state index contributed by atoms with van der Waals surface area (Å²) in [6, 6.07) is 17.9. The average Bonchev–Trinajstić information content (AvgIpc) is 3.04. The molecule has 0 unspecified atom stereocenters. The number of para-hydroxylation sites is 1. The van der Waals surface area contributed by atoms with E-state index in [9.17, 15) is 4.79 Å². The number of thioether (sulfide) groups is 1. The van der Waals surface area contributed by atoms with Gasteiger partial charge in [-0.1, -0.05) is 67.2 Å². The van der Waals surface area contributed by atoms with Gasteiger partial charge in [-0.15, -0.1) is 10.2 Å². The molecule has 0 saturated heterocycles. The van der Waals surface area contributed by atoms with Gasteiger partial charge in [0.25, 0.3) is 0 Å². The molecule has 0 aliphatic heterocycles. The van der Waals surface area contributed by atoms with Gasteiger partial charge in [0.05, 0.1) is 16.8 Å². The number of nitrogens with zero attached hydrogens (tertiary/aromatic N) is 4. The van der Waals surface area contributed by atoms with Crippen molar-refractivity contribution in [3.63, 3.8) is 0 Å². The van der Waals surface area contributed by atoms with E-state index in [2.05, 4.69) is 15.5 Å². The summed E-state index contributed by atoms with van der Waals surface area (Å²) in [6.45, 7) is 3.98. The van der Waals surface area contributed by atoms with Gasteiger partial charge in [-0.2, -0.15) is 0 Å². The van der Waals surface area contributed by atoms with Crippen LogP contribution in [-0.4, -0.2) is 30.9 Å². The van der Waals surface area contributed by atoms with E-state index in [-0.39, 0.29) is 17.2 Å². The summed E-state index contributed by atoms with van der Waals surface area (Å²) >= 11 is 1.36. The molecule has 0 aliphatic rings. The lowest BCUT2D eigenvalue weighted by molar-refractivity contribution is -0.121. The Labute approximate surface area is 173 Å². The zero-order valence-corrected chi connectivity index (χ0v) is 17.5. The number of aromatic nitrogens is 4. The van der Waals surface area contributed by atoms with Crippen LogP contribution < -0.4 is 5.32 Å². The van der Waals surface area contributed by atoms with E-state index >= 15 is 0 Å². The summed E-state index contributed by atoms with van der Waals surface area (Å²) in [4.78, 5) is 17.5. The predicted molar refractivity (Wildman–Crippen MR) is 117 cm³/mol. The van der Waals surface area contributed by atoms with Crippen LogP contribution in [0.2, 0.25) is 0 Å². The molecule has 0 aliphatic carbocycles. The number of hydrogen-bond acceptors (Lipinski definition) is 5. The highest BCUT2D eigenvalue weighted by atomic mass is 32.2. The maximum absolute atomic E-state index is 12.8. The number of amides is 1. The van der Waals surface area contributed by atoms with Crippen LogP contribution in [0, 0.1) is 0 Å². The van der Waals surface area contributed by atoms with Crippen LogP contribution >= 0.6 is 11.8 Å². The molecule has 4 aromatic rings. The Bertz CT molecular complexity index is 1160. The van der Waals surface area contributed by atoms with E-state index in [1.54, 1.807) is 0 Å². The zero-order chi connectivity index (χ0) is 20.4. The first kappa shape index (κ1) is 19.4. The fourth-order valence-corrected chi connectivity index (χ4v) is 4.25. The molecule has 148 valence electrons. The Morgan fingerprint density at radius 3 is 2.59 bits per heavy atom. The summed E-state index contributed by atoms with van der Waals surface area (Å²) in [5.41, 5.74) is 3.70. The minimum absolute atomic E-state index is 0.0189. The van der Waals surface area contributed by atoms with Gasteiger partial charge >= 0.3 is 0 Å². The topological polar surface area (TPSA) is 72.7 Å². The Balaban J connectivity index is 1.55. The molecule has 0 radical (unpaired) electrons. The summed E-state index contributed by atoms with van der Waals surface area (Å²) in [5, 5.41) is 13.0. The second-order valence-corrected chi connectivity index (χ2v) is 8.17. The van der Waals surface area contributed by atoms with Gasteiger partial charge in [-0.05, 0) is 25.0 Å². The number of rotatable bonds is 6. The molecule has 29 heavy (non-hydrogen) atoms. The van der Waals surface area contributed by atoms with Crippen LogP contribution in [0.3, 0.4) is 0 Å². The monoisotopic (exact) mass is 405 g/mol. The molecule has 0 spiro atoms. The zero-order valence-electron chi connectivity index (χ0n) is 16.7. The summed E-state index contributed by atoms with van der Waals surface area (Å²) in [6.07, 6.45) is 0.675. The van der Waals surface area contributed by atoms with Crippen molar-refractivity contribution in [1.82, 2.24) is 25.1 Å². The van der Waals surface area contributed by atoms with Gasteiger partial charge in [-0.25, -0.2) is 4.98 Å². The van der Waals surface area contributed by atoms with E-state index in [4.69, 9.17) is 4.98 Å². The van der Waals surface area contributed by atoms with Crippen molar-refractivity contribution in [3.8, 4) is 0 Å². The van der Waals surface area contributed by atoms with E-state index in [1.165, 1.54) is 11.8 Å². The number of benzene rings is 2. The molecule has 0 bridgehead atoms. The van der Waals surface area contributed by atoms with E-state index in [0.29, 0.717) is 11.6 Å². The van der Waals surface area contributed by atoms with Gasteiger partial charge in [-0.3, -0.25) is 4.79 Å². The highest BCUT2D eigenvalue weighted by Gasteiger charge is 2.22. The van der Waals surface area contributed by atoms with Gasteiger partial charge in [0, 0.05) is 12.4 Å². The molecule has 2 heterocycles. The Kier molecular flexibility index (Phi) is 5.49. The summed E-state index contributed by atoms with van der Waals surface area (Å²) in [7, 11) is 1.97. The average molecular weight is 406 g/mol. The Hall–Kier alpha value is -2.93. The molecule has 2 atom stereocenters. The molecular formula is C22H23N5OS. The fraction of sp³-hybridized carbons (Fsp3) is 0.273. The number of hydrogen-bond donors (Lipinski definition) is 1. The second-order valence-electron chi connectivity index (χ2n) is 7.00. The van der Waals surface area contributed by atoms with Crippen molar-refractivity contribution < 1.29 is 4.79 Å². The number of nitrogens with one attached hydrogen (secondary N) is 1. The molecule has 2 aromatic heterocycles. The molecular weight excluding hydrogens is 382 g/mol. The Morgan fingerprint density at radius 2 is 1.83 bits per heavy atom. The molecule has 0 fully saturated rings. The highest BCUT2D eigenvalue weighted by molar-refractivity contribution is 8.00. The minimum atomic E-state index is -0.282. The van der Waals surface area contributed by atoms with Gasteiger partial charge in [0.15, 0.2) is 5.65 Å². The molecule has 0 saturated carbocycles.